The lowest BCUT2D eigenvalue weighted by Gasteiger charge is -2.29. The second kappa shape index (κ2) is 5.12. The molecule has 0 bridgehead atoms. The summed E-state index contributed by atoms with van der Waals surface area (Å²) in [6.07, 6.45) is 3.44. The van der Waals surface area contributed by atoms with Crippen molar-refractivity contribution in [1.29, 1.82) is 0 Å². The molecule has 0 N–H and O–H groups in total. The van der Waals surface area contributed by atoms with E-state index in [-0.39, 0.29) is 5.91 Å². The van der Waals surface area contributed by atoms with E-state index in [9.17, 15) is 4.79 Å². The molecule has 1 aliphatic rings. The van der Waals surface area contributed by atoms with Gasteiger partial charge in [-0.2, -0.15) is 0 Å². The molecule has 1 aromatic rings. The van der Waals surface area contributed by atoms with Crippen molar-refractivity contribution in [2.75, 3.05) is 6.54 Å². The van der Waals surface area contributed by atoms with Gasteiger partial charge >= 0.3 is 0 Å². The fourth-order valence-corrected chi connectivity index (χ4v) is 2.44. The van der Waals surface area contributed by atoms with Gasteiger partial charge in [0, 0.05) is 25.4 Å². The quantitative estimate of drug-likeness (QED) is 0.825. The van der Waals surface area contributed by atoms with E-state index < -0.39 is 0 Å². The van der Waals surface area contributed by atoms with Gasteiger partial charge in [0.05, 0.1) is 24.3 Å². The molecule has 0 saturated carbocycles. The maximum absolute atomic E-state index is 12.1. The van der Waals surface area contributed by atoms with E-state index in [1.165, 1.54) is 5.69 Å². The minimum Gasteiger partial charge on any atom is -0.336 e. The summed E-state index contributed by atoms with van der Waals surface area (Å²) in [5, 5.41) is 0. The first-order valence-electron chi connectivity index (χ1n) is 6.81. The Hall–Kier alpha value is -1.32. The highest BCUT2D eigenvalue weighted by Gasteiger charge is 2.25. The molecular formula is C14H23N3O. The molecule has 0 radical (unpaired) electrons. The summed E-state index contributed by atoms with van der Waals surface area (Å²) in [4.78, 5) is 18.6. The van der Waals surface area contributed by atoms with Crippen LogP contribution in [-0.2, 0) is 17.8 Å². The minimum absolute atomic E-state index is 0.271. The molecule has 0 atom stereocenters. The topological polar surface area (TPSA) is 38.1 Å². The van der Waals surface area contributed by atoms with Crippen LogP contribution >= 0.6 is 0 Å². The van der Waals surface area contributed by atoms with Gasteiger partial charge in [-0.15, -0.1) is 0 Å². The third kappa shape index (κ3) is 2.57. The number of carbonyl (C=O) groups excluding carboxylic acids is 1. The highest BCUT2D eigenvalue weighted by atomic mass is 16.2. The smallest absolute Gasteiger partial charge is 0.223 e. The third-order valence-electron chi connectivity index (χ3n) is 3.43. The lowest BCUT2D eigenvalue weighted by molar-refractivity contribution is -0.133. The molecule has 0 aromatic carbocycles. The number of hydrogen-bond donors (Lipinski definition) is 0. The molecule has 2 rings (SSSR count). The van der Waals surface area contributed by atoms with Crippen molar-refractivity contribution in [2.24, 2.45) is 5.92 Å². The summed E-state index contributed by atoms with van der Waals surface area (Å²) in [7, 11) is 0. The predicted octanol–water partition coefficient (Wildman–Crippen LogP) is 2.39. The minimum atomic E-state index is 0.271. The average Bonchev–Trinajstić information content (AvgIpc) is 2.70. The number of imidazole rings is 1. The monoisotopic (exact) mass is 249 g/mol. The first-order valence-corrected chi connectivity index (χ1v) is 6.81. The number of rotatable bonds is 3. The van der Waals surface area contributed by atoms with E-state index in [0.717, 1.165) is 25.2 Å². The number of aromatic nitrogens is 2. The second-order valence-corrected chi connectivity index (χ2v) is 5.80. The lowest BCUT2D eigenvalue weighted by atomic mass is 10.1. The molecule has 100 valence electrons. The fourth-order valence-electron chi connectivity index (χ4n) is 2.44. The zero-order valence-corrected chi connectivity index (χ0v) is 11.8. The van der Waals surface area contributed by atoms with Crippen molar-refractivity contribution in [3.05, 3.63) is 17.7 Å². The van der Waals surface area contributed by atoms with Gasteiger partial charge in [-0.1, -0.05) is 13.8 Å². The van der Waals surface area contributed by atoms with E-state index in [2.05, 4.69) is 37.2 Å². The molecule has 4 heteroatoms. The number of carbonyl (C=O) groups is 1. The molecule has 0 unspecified atom stereocenters. The van der Waals surface area contributed by atoms with Gasteiger partial charge in [0.2, 0.25) is 5.91 Å². The number of nitrogens with zero attached hydrogens (tertiary/aromatic N) is 3. The van der Waals surface area contributed by atoms with Crippen molar-refractivity contribution in [3.8, 4) is 0 Å². The van der Waals surface area contributed by atoms with E-state index in [1.807, 2.05) is 11.2 Å². The Labute approximate surface area is 109 Å². The van der Waals surface area contributed by atoms with Crippen LogP contribution in [0.25, 0.3) is 0 Å². The summed E-state index contributed by atoms with van der Waals surface area (Å²) >= 11 is 0. The number of fused-ring (bicyclic) bond motifs is 1. The molecule has 4 nitrogen and oxygen atoms in total. The van der Waals surface area contributed by atoms with Crippen LogP contribution in [0.2, 0.25) is 0 Å². The van der Waals surface area contributed by atoms with E-state index in [4.69, 9.17) is 0 Å². The van der Waals surface area contributed by atoms with E-state index >= 15 is 0 Å². The van der Waals surface area contributed by atoms with Crippen molar-refractivity contribution >= 4 is 5.91 Å². The summed E-state index contributed by atoms with van der Waals surface area (Å²) in [5.41, 5.74) is 2.38. The standard InChI is InChI=1S/C14H23N3O/c1-10(2)7-14(18)16-6-5-12-13(8-16)17(9-15-12)11(3)4/h9-11H,5-8H2,1-4H3. The summed E-state index contributed by atoms with van der Waals surface area (Å²) in [6.45, 7) is 10.0. The first kappa shape index (κ1) is 13.1. The van der Waals surface area contributed by atoms with Gasteiger partial charge in [0.25, 0.3) is 0 Å². The van der Waals surface area contributed by atoms with Crippen LogP contribution in [0.4, 0.5) is 0 Å². The van der Waals surface area contributed by atoms with Crippen LogP contribution in [-0.4, -0.2) is 26.9 Å². The average molecular weight is 249 g/mol. The molecule has 2 heterocycles. The second-order valence-electron chi connectivity index (χ2n) is 5.80. The number of hydrogen-bond acceptors (Lipinski definition) is 2. The van der Waals surface area contributed by atoms with Gasteiger partial charge in [-0.25, -0.2) is 4.98 Å². The maximum atomic E-state index is 12.1. The predicted molar refractivity (Wildman–Crippen MR) is 71.2 cm³/mol. The Morgan fingerprint density at radius 2 is 2.11 bits per heavy atom. The zero-order chi connectivity index (χ0) is 13.3. The Morgan fingerprint density at radius 1 is 1.39 bits per heavy atom. The lowest BCUT2D eigenvalue weighted by Crippen LogP contribution is -2.37. The number of amides is 1. The van der Waals surface area contributed by atoms with E-state index in [0.29, 0.717) is 18.4 Å². The SMILES string of the molecule is CC(C)CC(=O)N1CCc2ncn(C(C)C)c2C1. The maximum Gasteiger partial charge on any atom is 0.223 e. The molecular weight excluding hydrogens is 226 g/mol. The van der Waals surface area contributed by atoms with Crippen LogP contribution < -0.4 is 0 Å². The molecule has 1 aromatic heterocycles. The Morgan fingerprint density at radius 3 is 2.72 bits per heavy atom. The van der Waals surface area contributed by atoms with Crippen molar-refractivity contribution in [2.45, 2.75) is 53.1 Å². The Bertz CT molecular complexity index is 434. The molecule has 18 heavy (non-hydrogen) atoms. The normalized spacial score (nSPS) is 15.3. The first-order chi connectivity index (χ1) is 8.49. The summed E-state index contributed by atoms with van der Waals surface area (Å²) < 4.78 is 2.18. The van der Waals surface area contributed by atoms with Gasteiger partial charge < -0.3 is 9.47 Å². The fraction of sp³-hybridized carbons (Fsp3) is 0.714. The highest BCUT2D eigenvalue weighted by Crippen LogP contribution is 2.22. The van der Waals surface area contributed by atoms with Gasteiger partial charge in [-0.3, -0.25) is 4.79 Å². The molecule has 1 aliphatic heterocycles. The Kier molecular flexibility index (Phi) is 3.73. The molecule has 0 fully saturated rings. The van der Waals surface area contributed by atoms with Gasteiger partial charge in [0.15, 0.2) is 0 Å². The van der Waals surface area contributed by atoms with Gasteiger partial charge in [0.1, 0.15) is 0 Å². The van der Waals surface area contributed by atoms with Crippen LogP contribution in [0.3, 0.4) is 0 Å². The van der Waals surface area contributed by atoms with Gasteiger partial charge in [-0.05, 0) is 19.8 Å². The zero-order valence-electron chi connectivity index (χ0n) is 11.8. The molecule has 0 aliphatic carbocycles. The van der Waals surface area contributed by atoms with Crippen LogP contribution in [0.1, 0.15) is 51.5 Å². The summed E-state index contributed by atoms with van der Waals surface area (Å²) in [5.74, 6) is 0.695. The third-order valence-corrected chi connectivity index (χ3v) is 3.43. The molecule has 1 amide bonds. The molecule has 0 saturated heterocycles. The Balaban J connectivity index is 2.13. The van der Waals surface area contributed by atoms with Crippen LogP contribution in [0, 0.1) is 5.92 Å². The van der Waals surface area contributed by atoms with E-state index in [1.54, 1.807) is 0 Å². The highest BCUT2D eigenvalue weighted by molar-refractivity contribution is 5.76. The largest absolute Gasteiger partial charge is 0.336 e. The van der Waals surface area contributed by atoms with Crippen LogP contribution in [0.5, 0.6) is 0 Å². The summed E-state index contributed by atoms with van der Waals surface area (Å²) in [6, 6.07) is 0.404. The molecule has 0 spiro atoms. The van der Waals surface area contributed by atoms with Crippen molar-refractivity contribution in [3.63, 3.8) is 0 Å². The van der Waals surface area contributed by atoms with Crippen molar-refractivity contribution in [1.82, 2.24) is 14.5 Å². The van der Waals surface area contributed by atoms with Crippen molar-refractivity contribution < 1.29 is 4.79 Å². The van der Waals surface area contributed by atoms with Crippen LogP contribution in [0.15, 0.2) is 6.33 Å².